The van der Waals surface area contributed by atoms with E-state index in [0.29, 0.717) is 10.6 Å². The fourth-order valence-corrected chi connectivity index (χ4v) is 2.64. The molecule has 2 N–H and O–H groups in total. The van der Waals surface area contributed by atoms with Crippen molar-refractivity contribution in [1.29, 1.82) is 0 Å². The summed E-state index contributed by atoms with van der Waals surface area (Å²) in [6.45, 7) is 0.135. The van der Waals surface area contributed by atoms with E-state index in [2.05, 4.69) is 5.32 Å². The second kappa shape index (κ2) is 8.11. The maximum atomic E-state index is 12.5. The van der Waals surface area contributed by atoms with E-state index >= 15 is 0 Å². The van der Waals surface area contributed by atoms with Gasteiger partial charge >= 0.3 is 0 Å². The first kappa shape index (κ1) is 17.5. The van der Waals surface area contributed by atoms with Crippen LogP contribution in [0.5, 0.6) is 0 Å². The minimum Gasteiger partial charge on any atom is -0.387 e. The molecule has 0 aliphatic carbocycles. The number of aliphatic hydroxyl groups excluding tert-OH is 1. The third kappa shape index (κ3) is 4.79. The Morgan fingerprint density at radius 1 is 1.13 bits per heavy atom. The molecule has 2 aromatic rings. The molecule has 4 nitrogen and oxygen atoms in total. The zero-order valence-corrected chi connectivity index (χ0v) is 14.0. The molecular weight excluding hydrogens is 312 g/mol. The lowest BCUT2D eigenvalue weighted by molar-refractivity contribution is -0.126. The predicted octanol–water partition coefficient (Wildman–Crippen LogP) is 2.79. The summed E-state index contributed by atoms with van der Waals surface area (Å²) in [6.07, 6.45) is -0.795. The molecule has 0 saturated carbocycles. The first-order chi connectivity index (χ1) is 11.0. The number of rotatable bonds is 6. The number of benzene rings is 2. The van der Waals surface area contributed by atoms with Gasteiger partial charge in [-0.05, 0) is 37.4 Å². The van der Waals surface area contributed by atoms with E-state index in [1.54, 1.807) is 24.3 Å². The molecule has 122 valence electrons. The molecule has 23 heavy (non-hydrogen) atoms. The summed E-state index contributed by atoms with van der Waals surface area (Å²) >= 11 is 5.92. The van der Waals surface area contributed by atoms with Crippen LogP contribution >= 0.6 is 11.6 Å². The van der Waals surface area contributed by atoms with Crippen LogP contribution < -0.4 is 5.32 Å². The Morgan fingerprint density at radius 2 is 1.78 bits per heavy atom. The van der Waals surface area contributed by atoms with Gasteiger partial charge in [0.15, 0.2) is 0 Å². The van der Waals surface area contributed by atoms with Gasteiger partial charge < -0.3 is 10.4 Å². The van der Waals surface area contributed by atoms with Crippen molar-refractivity contribution in [3.8, 4) is 0 Å². The molecule has 0 unspecified atom stereocenters. The van der Waals surface area contributed by atoms with E-state index < -0.39 is 12.1 Å². The number of carbonyl (C=O) groups excluding carboxylic acids is 1. The smallest absolute Gasteiger partial charge is 0.242 e. The highest BCUT2D eigenvalue weighted by atomic mass is 35.5. The van der Waals surface area contributed by atoms with Crippen LogP contribution in [0.1, 0.15) is 23.3 Å². The lowest BCUT2D eigenvalue weighted by Crippen LogP contribution is -2.38. The Morgan fingerprint density at radius 3 is 2.39 bits per heavy atom. The number of nitrogens with zero attached hydrogens (tertiary/aromatic N) is 1. The van der Waals surface area contributed by atoms with Crippen molar-refractivity contribution in [1.82, 2.24) is 10.2 Å². The molecule has 0 bridgehead atoms. The van der Waals surface area contributed by atoms with Gasteiger partial charge in [-0.15, -0.1) is 0 Å². The zero-order valence-electron chi connectivity index (χ0n) is 13.2. The second-order valence-corrected chi connectivity index (χ2v) is 6.03. The van der Waals surface area contributed by atoms with Crippen LogP contribution in [0.2, 0.25) is 5.02 Å². The number of nitrogens with one attached hydrogen (secondary N) is 1. The highest BCUT2D eigenvalue weighted by Gasteiger charge is 2.23. The minimum atomic E-state index is -0.795. The van der Waals surface area contributed by atoms with Crippen molar-refractivity contribution >= 4 is 17.5 Å². The van der Waals surface area contributed by atoms with Crippen molar-refractivity contribution in [3.05, 3.63) is 70.7 Å². The summed E-state index contributed by atoms with van der Waals surface area (Å²) in [5.41, 5.74) is 1.59. The molecule has 0 aromatic heterocycles. The molecule has 2 atom stereocenters. The topological polar surface area (TPSA) is 52.6 Å². The number of likely N-dealkylation sites (N-methyl/N-ethyl adjacent to an activating group) is 1. The highest BCUT2D eigenvalue weighted by molar-refractivity contribution is 6.30. The lowest BCUT2D eigenvalue weighted by atomic mass is 10.0. The maximum Gasteiger partial charge on any atom is 0.242 e. The number of hydrogen-bond donors (Lipinski definition) is 2. The van der Waals surface area contributed by atoms with Gasteiger partial charge in [0, 0.05) is 11.6 Å². The van der Waals surface area contributed by atoms with Gasteiger partial charge in [0.05, 0.1) is 6.10 Å². The normalized spacial score (nSPS) is 13.6. The van der Waals surface area contributed by atoms with E-state index in [0.717, 1.165) is 5.56 Å². The summed E-state index contributed by atoms with van der Waals surface area (Å²) in [5, 5.41) is 13.6. The third-order valence-electron chi connectivity index (χ3n) is 3.58. The Hall–Kier alpha value is -1.88. The van der Waals surface area contributed by atoms with Crippen LogP contribution in [0.4, 0.5) is 0 Å². The lowest BCUT2D eigenvalue weighted by Gasteiger charge is -2.24. The van der Waals surface area contributed by atoms with Gasteiger partial charge in [-0.1, -0.05) is 54.1 Å². The van der Waals surface area contributed by atoms with Crippen molar-refractivity contribution < 1.29 is 9.90 Å². The van der Waals surface area contributed by atoms with Gasteiger partial charge in [-0.3, -0.25) is 9.69 Å². The number of halogens is 1. The summed E-state index contributed by atoms with van der Waals surface area (Å²) in [5.74, 6) is -0.151. The number of hydrogen-bond acceptors (Lipinski definition) is 3. The fraction of sp³-hybridized carbons (Fsp3) is 0.278. The molecule has 0 fully saturated rings. The molecule has 2 rings (SSSR count). The van der Waals surface area contributed by atoms with Crippen molar-refractivity contribution in [2.45, 2.75) is 12.1 Å². The quantitative estimate of drug-likeness (QED) is 0.855. The van der Waals surface area contributed by atoms with E-state index in [-0.39, 0.29) is 12.5 Å². The molecule has 1 amide bonds. The van der Waals surface area contributed by atoms with Crippen molar-refractivity contribution in [3.63, 3.8) is 0 Å². The Balaban J connectivity index is 2.02. The number of aliphatic hydroxyl groups is 1. The van der Waals surface area contributed by atoms with Crippen LogP contribution in [0, 0.1) is 0 Å². The molecule has 5 heteroatoms. The third-order valence-corrected chi connectivity index (χ3v) is 3.82. The van der Waals surface area contributed by atoms with E-state index in [9.17, 15) is 9.90 Å². The average Bonchev–Trinajstić information content (AvgIpc) is 2.53. The SMILES string of the molecule is CN(C)[C@H](C(=O)NC[C@H](O)c1cccc(Cl)c1)c1ccccc1. The molecule has 2 aromatic carbocycles. The monoisotopic (exact) mass is 332 g/mol. The van der Waals surface area contributed by atoms with Crippen LogP contribution in [-0.4, -0.2) is 36.6 Å². The van der Waals surface area contributed by atoms with Gasteiger partial charge in [0.25, 0.3) is 0 Å². The molecule has 0 heterocycles. The predicted molar refractivity (Wildman–Crippen MR) is 92.3 cm³/mol. The van der Waals surface area contributed by atoms with Gasteiger partial charge in [-0.2, -0.15) is 0 Å². The molecule has 0 aliphatic rings. The van der Waals surface area contributed by atoms with E-state index in [1.807, 2.05) is 49.3 Å². The summed E-state index contributed by atoms with van der Waals surface area (Å²) in [7, 11) is 3.70. The number of amides is 1. The van der Waals surface area contributed by atoms with E-state index in [1.165, 1.54) is 0 Å². The standard InChI is InChI=1S/C18H21ClN2O2/c1-21(2)17(13-7-4-3-5-8-13)18(23)20-12-16(22)14-9-6-10-15(19)11-14/h3-11,16-17,22H,12H2,1-2H3,(H,20,23)/t16-,17-/m0/s1. The van der Waals surface area contributed by atoms with Crippen molar-refractivity contribution in [2.75, 3.05) is 20.6 Å². The van der Waals surface area contributed by atoms with Crippen LogP contribution in [-0.2, 0) is 4.79 Å². The Kier molecular flexibility index (Phi) is 6.16. The minimum absolute atomic E-state index is 0.135. The molecule has 0 aliphatic heterocycles. The van der Waals surface area contributed by atoms with Crippen LogP contribution in [0.25, 0.3) is 0 Å². The Bertz CT molecular complexity index is 646. The van der Waals surface area contributed by atoms with Crippen LogP contribution in [0.15, 0.2) is 54.6 Å². The Labute approximate surface area is 141 Å². The number of carbonyl (C=O) groups is 1. The second-order valence-electron chi connectivity index (χ2n) is 5.59. The highest BCUT2D eigenvalue weighted by Crippen LogP contribution is 2.20. The zero-order chi connectivity index (χ0) is 16.8. The van der Waals surface area contributed by atoms with E-state index in [4.69, 9.17) is 11.6 Å². The summed E-state index contributed by atoms with van der Waals surface area (Å²) in [4.78, 5) is 14.3. The first-order valence-electron chi connectivity index (χ1n) is 7.41. The molecule has 0 saturated heterocycles. The average molecular weight is 333 g/mol. The fourth-order valence-electron chi connectivity index (χ4n) is 2.45. The molecule has 0 radical (unpaired) electrons. The molecule has 0 spiro atoms. The molecular formula is C18H21ClN2O2. The summed E-state index contributed by atoms with van der Waals surface area (Å²) < 4.78 is 0. The van der Waals surface area contributed by atoms with Crippen molar-refractivity contribution in [2.24, 2.45) is 0 Å². The maximum absolute atomic E-state index is 12.5. The largest absolute Gasteiger partial charge is 0.387 e. The van der Waals surface area contributed by atoms with Crippen LogP contribution in [0.3, 0.4) is 0 Å². The van der Waals surface area contributed by atoms with Gasteiger partial charge in [0.2, 0.25) is 5.91 Å². The summed E-state index contributed by atoms with van der Waals surface area (Å²) in [6, 6.07) is 16.1. The first-order valence-corrected chi connectivity index (χ1v) is 7.79. The van der Waals surface area contributed by atoms with Gasteiger partial charge in [-0.25, -0.2) is 0 Å². The van der Waals surface area contributed by atoms with Gasteiger partial charge in [0.1, 0.15) is 6.04 Å².